The fourth-order valence-corrected chi connectivity index (χ4v) is 3.91. The average Bonchev–Trinajstić information content (AvgIpc) is 3.15. The summed E-state index contributed by atoms with van der Waals surface area (Å²) in [5, 5.41) is 4.37. The van der Waals surface area contributed by atoms with Gasteiger partial charge in [-0.2, -0.15) is 5.01 Å². The van der Waals surface area contributed by atoms with Crippen LogP contribution in [0.2, 0.25) is 0 Å². The first-order chi connectivity index (χ1) is 14.4. The largest absolute Gasteiger partial charge is 0.368 e. The Balaban J connectivity index is 1.81. The molecule has 0 spiro atoms. The van der Waals surface area contributed by atoms with E-state index in [0.29, 0.717) is 38.2 Å². The zero-order valence-electron chi connectivity index (χ0n) is 17.5. The van der Waals surface area contributed by atoms with Crippen molar-refractivity contribution in [2.75, 3.05) is 20.3 Å². The summed E-state index contributed by atoms with van der Waals surface area (Å²) in [5.74, 6) is -0.833. The molecule has 1 aromatic carbocycles. The normalized spacial score (nSPS) is 27.8. The molecule has 1 fully saturated rings. The third-order valence-corrected chi connectivity index (χ3v) is 5.61. The molecule has 0 radical (unpaired) electrons. The van der Waals surface area contributed by atoms with E-state index in [1.807, 2.05) is 37.3 Å². The monoisotopic (exact) mass is 417 g/mol. The molecule has 9 nitrogen and oxygen atoms in total. The summed E-state index contributed by atoms with van der Waals surface area (Å²) in [5.41, 5.74) is 14.9. The van der Waals surface area contributed by atoms with E-state index in [1.165, 1.54) is 0 Å². The van der Waals surface area contributed by atoms with Crippen LogP contribution in [0.15, 0.2) is 42.1 Å². The van der Waals surface area contributed by atoms with Crippen molar-refractivity contribution in [1.82, 2.24) is 15.8 Å². The molecule has 9 heteroatoms. The van der Waals surface area contributed by atoms with Crippen molar-refractivity contribution in [2.24, 2.45) is 11.5 Å². The van der Waals surface area contributed by atoms with Gasteiger partial charge in [0.1, 0.15) is 11.2 Å². The van der Waals surface area contributed by atoms with E-state index in [9.17, 15) is 9.59 Å². The second kappa shape index (κ2) is 9.57. The van der Waals surface area contributed by atoms with Crippen molar-refractivity contribution in [3.63, 3.8) is 0 Å². The van der Waals surface area contributed by atoms with Crippen LogP contribution in [0, 0.1) is 0 Å². The lowest BCUT2D eigenvalue weighted by atomic mass is 9.88. The molecule has 0 aromatic heterocycles. The van der Waals surface area contributed by atoms with Crippen LogP contribution in [0.1, 0.15) is 37.8 Å². The first-order valence-corrected chi connectivity index (χ1v) is 10.2. The molecule has 2 heterocycles. The number of hydrogen-bond donors (Lipinski definition) is 4. The Morgan fingerprint density at radius 3 is 2.57 bits per heavy atom. The van der Waals surface area contributed by atoms with Crippen LogP contribution in [0.5, 0.6) is 0 Å². The van der Waals surface area contributed by atoms with E-state index < -0.39 is 11.4 Å². The lowest BCUT2D eigenvalue weighted by Gasteiger charge is -2.39. The van der Waals surface area contributed by atoms with Crippen molar-refractivity contribution in [2.45, 2.75) is 50.1 Å². The summed E-state index contributed by atoms with van der Waals surface area (Å²) < 4.78 is 11.2. The van der Waals surface area contributed by atoms with Crippen LogP contribution < -0.4 is 22.2 Å². The quantitative estimate of drug-likeness (QED) is 0.478. The summed E-state index contributed by atoms with van der Waals surface area (Å²) >= 11 is 0. The number of likely N-dealkylation sites (N-methyl/N-ethyl adjacent to an activating group) is 1. The molecule has 1 aromatic rings. The number of benzene rings is 1. The van der Waals surface area contributed by atoms with Gasteiger partial charge in [0, 0.05) is 7.05 Å². The van der Waals surface area contributed by atoms with E-state index in [0.717, 1.165) is 5.56 Å². The maximum absolute atomic E-state index is 12.7. The Bertz CT molecular complexity index is 779. The number of rotatable bonds is 8. The molecule has 1 saturated heterocycles. The molecule has 0 bridgehead atoms. The van der Waals surface area contributed by atoms with E-state index in [1.54, 1.807) is 18.1 Å². The molecule has 2 aliphatic heterocycles. The molecule has 2 atom stereocenters. The Labute approximate surface area is 176 Å². The van der Waals surface area contributed by atoms with Crippen LogP contribution in [0.25, 0.3) is 0 Å². The standard InChI is InChI=1S/C21H31N5O4/c1-14(15-7-4-3-5-8-15)26-21(20(23)28,11-17(25-26)19(27)24-2)10-6-9-18-29-12-16(22)13-30-18/h3-5,7-8,11,14,16,18,25H,6,9-10,12-13,22H2,1-2H3,(H2,23,28)(H,24,27)/t14-,16?,18?,21?/m0/s1. The number of ether oxygens (including phenoxy) is 2. The van der Waals surface area contributed by atoms with E-state index in [-0.39, 0.29) is 24.3 Å². The van der Waals surface area contributed by atoms with Crippen LogP contribution in [0.3, 0.4) is 0 Å². The Hall–Kier alpha value is -2.46. The van der Waals surface area contributed by atoms with Gasteiger partial charge < -0.3 is 31.7 Å². The Morgan fingerprint density at radius 2 is 1.97 bits per heavy atom. The van der Waals surface area contributed by atoms with Gasteiger partial charge in [0.2, 0.25) is 5.91 Å². The van der Waals surface area contributed by atoms with E-state index in [2.05, 4.69) is 10.7 Å². The zero-order valence-corrected chi connectivity index (χ0v) is 17.5. The second-order valence-corrected chi connectivity index (χ2v) is 7.74. The number of hydrazine groups is 1. The molecule has 2 aliphatic rings. The number of nitrogens with two attached hydrogens (primary N) is 2. The molecular formula is C21H31N5O4. The number of amides is 2. The fraction of sp³-hybridized carbons (Fsp3) is 0.524. The summed E-state index contributed by atoms with van der Waals surface area (Å²) in [7, 11) is 1.54. The van der Waals surface area contributed by atoms with Gasteiger partial charge in [0.05, 0.1) is 25.3 Å². The van der Waals surface area contributed by atoms with Gasteiger partial charge in [-0.15, -0.1) is 0 Å². The first-order valence-electron chi connectivity index (χ1n) is 10.2. The van der Waals surface area contributed by atoms with Gasteiger partial charge in [-0.1, -0.05) is 30.3 Å². The lowest BCUT2D eigenvalue weighted by molar-refractivity contribution is -0.189. The van der Waals surface area contributed by atoms with Crippen LogP contribution in [-0.2, 0) is 19.1 Å². The summed E-state index contributed by atoms with van der Waals surface area (Å²) in [6.07, 6.45) is 2.89. The molecule has 0 aliphatic carbocycles. The first kappa shape index (κ1) is 22.2. The minimum atomic E-state index is -1.16. The maximum Gasteiger partial charge on any atom is 0.268 e. The van der Waals surface area contributed by atoms with Gasteiger partial charge in [-0.3, -0.25) is 9.59 Å². The highest BCUT2D eigenvalue weighted by Gasteiger charge is 2.48. The SMILES string of the molecule is CNC(=O)C1=CC(CCCC2OCC(N)CO2)(C(N)=O)N([C@@H](C)c2ccccc2)N1. The fourth-order valence-electron chi connectivity index (χ4n) is 3.91. The topological polar surface area (TPSA) is 132 Å². The van der Waals surface area contributed by atoms with Gasteiger partial charge >= 0.3 is 0 Å². The zero-order chi connectivity index (χ0) is 21.7. The van der Waals surface area contributed by atoms with Gasteiger partial charge in [-0.25, -0.2) is 0 Å². The average molecular weight is 418 g/mol. The van der Waals surface area contributed by atoms with Crippen molar-refractivity contribution >= 4 is 11.8 Å². The Kier molecular flexibility index (Phi) is 7.09. The lowest BCUT2D eigenvalue weighted by Crippen LogP contribution is -2.58. The van der Waals surface area contributed by atoms with Gasteiger partial charge in [-0.05, 0) is 37.8 Å². The van der Waals surface area contributed by atoms with Gasteiger partial charge in [0.15, 0.2) is 6.29 Å². The smallest absolute Gasteiger partial charge is 0.268 e. The van der Waals surface area contributed by atoms with Crippen molar-refractivity contribution < 1.29 is 19.1 Å². The van der Waals surface area contributed by atoms with Crippen LogP contribution in [-0.4, -0.2) is 55.0 Å². The highest BCUT2D eigenvalue weighted by atomic mass is 16.7. The molecule has 6 N–H and O–H groups in total. The van der Waals surface area contributed by atoms with Crippen LogP contribution in [0.4, 0.5) is 0 Å². The second-order valence-electron chi connectivity index (χ2n) is 7.74. The minimum Gasteiger partial charge on any atom is -0.368 e. The molecule has 3 rings (SSSR count). The predicted molar refractivity (Wildman–Crippen MR) is 111 cm³/mol. The molecule has 2 amide bonds. The number of hydrogen-bond acceptors (Lipinski definition) is 7. The van der Waals surface area contributed by atoms with Crippen molar-refractivity contribution in [3.8, 4) is 0 Å². The predicted octanol–water partition coefficient (Wildman–Crippen LogP) is 0.292. The van der Waals surface area contributed by atoms with Crippen molar-refractivity contribution in [1.29, 1.82) is 0 Å². The molecule has 164 valence electrons. The molecule has 0 saturated carbocycles. The maximum atomic E-state index is 12.7. The summed E-state index contributed by atoms with van der Waals surface area (Å²) in [4.78, 5) is 25.0. The molecular weight excluding hydrogens is 386 g/mol. The Morgan fingerprint density at radius 1 is 1.30 bits per heavy atom. The number of carbonyl (C=O) groups excluding carboxylic acids is 2. The number of carbonyl (C=O) groups is 2. The van der Waals surface area contributed by atoms with Crippen LogP contribution >= 0.6 is 0 Å². The van der Waals surface area contributed by atoms with E-state index in [4.69, 9.17) is 20.9 Å². The summed E-state index contributed by atoms with van der Waals surface area (Å²) in [6, 6.07) is 9.42. The number of nitrogens with one attached hydrogen (secondary N) is 2. The number of primary amides is 1. The third kappa shape index (κ3) is 4.65. The van der Waals surface area contributed by atoms with Crippen molar-refractivity contribution in [3.05, 3.63) is 47.7 Å². The highest BCUT2D eigenvalue weighted by molar-refractivity contribution is 5.97. The minimum absolute atomic E-state index is 0.113. The third-order valence-electron chi connectivity index (χ3n) is 5.61. The molecule has 1 unspecified atom stereocenters. The number of nitrogens with zero attached hydrogens (tertiary/aromatic N) is 1. The molecule has 30 heavy (non-hydrogen) atoms. The highest BCUT2D eigenvalue weighted by Crippen LogP contribution is 2.36. The van der Waals surface area contributed by atoms with E-state index >= 15 is 0 Å². The summed E-state index contributed by atoms with van der Waals surface area (Å²) in [6.45, 7) is 2.87. The van der Waals surface area contributed by atoms with Gasteiger partial charge in [0.25, 0.3) is 5.91 Å².